The second-order valence-electron chi connectivity index (χ2n) is 14.8. The molecule has 2 aliphatic heterocycles. The third-order valence-corrected chi connectivity index (χ3v) is 10.5. The van der Waals surface area contributed by atoms with Gasteiger partial charge in [0.15, 0.2) is 0 Å². The summed E-state index contributed by atoms with van der Waals surface area (Å²) in [7, 11) is 0. The molecule has 2 aliphatic rings. The van der Waals surface area contributed by atoms with Gasteiger partial charge in [-0.2, -0.15) is 5.10 Å². The quantitative estimate of drug-likeness (QED) is 0.0699. The predicted molar refractivity (Wildman–Crippen MR) is 228 cm³/mol. The van der Waals surface area contributed by atoms with Crippen molar-refractivity contribution in [2.75, 3.05) is 71.3 Å². The first-order valence-corrected chi connectivity index (χ1v) is 20.8. The Hall–Kier alpha value is -7.06. The number of carbonyl (C=O) groups excluding carboxylic acids is 5. The monoisotopic (exact) mass is 873 g/mol. The van der Waals surface area contributed by atoms with Crippen molar-refractivity contribution in [1.82, 2.24) is 40.1 Å². The van der Waals surface area contributed by atoms with Gasteiger partial charge in [-0.05, 0) is 54.4 Å². The molecule has 5 heterocycles. The van der Waals surface area contributed by atoms with Crippen LogP contribution in [0.15, 0.2) is 85.3 Å². The molecule has 64 heavy (non-hydrogen) atoms. The van der Waals surface area contributed by atoms with E-state index in [2.05, 4.69) is 42.1 Å². The molecule has 3 N–H and O–H groups in total. The molecular formula is C45H44FN9O9. The van der Waals surface area contributed by atoms with Gasteiger partial charge in [0, 0.05) is 48.8 Å². The number of imide groups is 2. The number of carbonyl (C=O) groups is 5. The van der Waals surface area contributed by atoms with E-state index >= 15 is 4.39 Å². The summed E-state index contributed by atoms with van der Waals surface area (Å²) in [6.07, 6.45) is 5.69. The fraction of sp³-hybridized carbons (Fsp3) is 0.311. The van der Waals surface area contributed by atoms with E-state index in [4.69, 9.17) is 18.9 Å². The second kappa shape index (κ2) is 20.4. The van der Waals surface area contributed by atoms with Crippen LogP contribution >= 0.6 is 0 Å². The van der Waals surface area contributed by atoms with Crippen LogP contribution in [0.2, 0.25) is 0 Å². The third kappa shape index (κ3) is 10.1. The number of hydrogen-bond acceptors (Lipinski definition) is 14. The fourth-order valence-corrected chi connectivity index (χ4v) is 7.39. The number of halogens is 1. The van der Waals surface area contributed by atoms with Crippen molar-refractivity contribution < 1.29 is 47.3 Å². The van der Waals surface area contributed by atoms with Crippen molar-refractivity contribution in [2.24, 2.45) is 0 Å². The molecule has 0 aliphatic carbocycles. The lowest BCUT2D eigenvalue weighted by Gasteiger charge is -2.27. The number of piperidine rings is 1. The average molecular weight is 874 g/mol. The van der Waals surface area contributed by atoms with E-state index in [0.29, 0.717) is 75.3 Å². The molecule has 8 rings (SSSR count). The van der Waals surface area contributed by atoms with Crippen LogP contribution in [0.4, 0.5) is 10.1 Å². The largest absolute Gasteiger partial charge is 0.382 e. The number of hydrogen-bond donors (Lipinski definition) is 3. The van der Waals surface area contributed by atoms with Crippen molar-refractivity contribution >= 4 is 51.9 Å². The Labute approximate surface area is 365 Å². The normalized spacial score (nSPS) is 15.0. The number of rotatable bonds is 21. The highest BCUT2D eigenvalue weighted by molar-refractivity contribution is 6.25. The molecule has 3 aromatic heterocycles. The first-order valence-electron chi connectivity index (χ1n) is 20.8. The number of aromatic nitrogens is 5. The molecule has 1 saturated heterocycles. The Kier molecular flexibility index (Phi) is 13.9. The first kappa shape index (κ1) is 43.6. The van der Waals surface area contributed by atoms with Crippen LogP contribution in [0, 0.1) is 5.82 Å². The summed E-state index contributed by atoms with van der Waals surface area (Å²) in [5, 5.41) is 13.7. The Balaban J connectivity index is 0.667. The Morgan fingerprint density at radius 3 is 2.31 bits per heavy atom. The van der Waals surface area contributed by atoms with Gasteiger partial charge >= 0.3 is 0 Å². The molecule has 1 atom stereocenters. The minimum absolute atomic E-state index is 0.0482. The maximum Gasteiger partial charge on any atom is 0.264 e. The average Bonchev–Trinajstić information content (AvgIpc) is 3.82. The molecule has 6 aromatic rings. The van der Waals surface area contributed by atoms with Crippen LogP contribution in [0.1, 0.15) is 55.2 Å². The molecule has 5 amide bonds. The predicted octanol–water partition coefficient (Wildman–Crippen LogP) is 3.38. The van der Waals surface area contributed by atoms with Crippen LogP contribution in [0.3, 0.4) is 0 Å². The summed E-state index contributed by atoms with van der Waals surface area (Å²) in [5.41, 5.74) is 4.40. The number of amides is 5. The van der Waals surface area contributed by atoms with Gasteiger partial charge in [0.1, 0.15) is 17.6 Å². The summed E-state index contributed by atoms with van der Waals surface area (Å²) in [4.78, 5) is 76.9. The van der Waals surface area contributed by atoms with Gasteiger partial charge in [-0.15, -0.1) is 0 Å². The highest BCUT2D eigenvalue weighted by Crippen LogP contribution is 2.32. The van der Waals surface area contributed by atoms with Crippen molar-refractivity contribution in [3.05, 3.63) is 119 Å². The van der Waals surface area contributed by atoms with Crippen LogP contribution in [-0.2, 0) is 35.0 Å². The zero-order valence-corrected chi connectivity index (χ0v) is 34.6. The minimum atomic E-state index is -1.03. The molecule has 0 saturated carbocycles. The topological polar surface area (TPSA) is 218 Å². The third-order valence-electron chi connectivity index (χ3n) is 10.5. The van der Waals surface area contributed by atoms with E-state index in [0.717, 1.165) is 27.1 Å². The minimum Gasteiger partial charge on any atom is -0.382 e. The molecule has 0 bridgehead atoms. The van der Waals surface area contributed by atoms with Crippen molar-refractivity contribution in [3.63, 3.8) is 0 Å². The van der Waals surface area contributed by atoms with Gasteiger partial charge in [0.2, 0.25) is 11.8 Å². The lowest BCUT2D eigenvalue weighted by Crippen LogP contribution is -2.54. The van der Waals surface area contributed by atoms with Crippen LogP contribution in [0.5, 0.6) is 0 Å². The number of nitrogens with one attached hydrogen (secondary N) is 3. The number of nitrogens with zero attached hydrogens (tertiary/aromatic N) is 6. The van der Waals surface area contributed by atoms with Gasteiger partial charge in [0.05, 0.1) is 93.1 Å². The van der Waals surface area contributed by atoms with Gasteiger partial charge in [-0.3, -0.25) is 39.2 Å². The highest BCUT2D eigenvalue weighted by Gasteiger charge is 2.45. The number of imidazole rings is 1. The van der Waals surface area contributed by atoms with Crippen LogP contribution in [0.25, 0.3) is 27.9 Å². The zero-order chi connectivity index (χ0) is 44.4. The van der Waals surface area contributed by atoms with Crippen LogP contribution in [-0.4, -0.2) is 131 Å². The van der Waals surface area contributed by atoms with Crippen molar-refractivity contribution in [3.8, 4) is 11.3 Å². The summed E-state index contributed by atoms with van der Waals surface area (Å²) in [6.45, 7) is 2.97. The van der Waals surface area contributed by atoms with Gasteiger partial charge < -0.3 is 29.6 Å². The second-order valence-corrected chi connectivity index (χ2v) is 14.8. The van der Waals surface area contributed by atoms with Gasteiger partial charge in [0.25, 0.3) is 23.5 Å². The van der Waals surface area contributed by atoms with Crippen molar-refractivity contribution in [1.29, 1.82) is 0 Å². The number of ether oxygens (including phenoxy) is 4. The molecule has 18 nitrogen and oxygen atoms in total. The summed E-state index contributed by atoms with van der Waals surface area (Å²) in [5.74, 6) is -3.09. The number of pyridine rings is 1. The van der Waals surface area contributed by atoms with E-state index in [9.17, 15) is 24.0 Å². The van der Waals surface area contributed by atoms with E-state index in [1.807, 2.05) is 24.3 Å². The van der Waals surface area contributed by atoms with E-state index in [1.165, 1.54) is 24.4 Å². The Bertz CT molecular complexity index is 2710. The zero-order valence-electron chi connectivity index (χ0n) is 34.6. The lowest BCUT2D eigenvalue weighted by atomic mass is 10.0. The summed E-state index contributed by atoms with van der Waals surface area (Å²) < 4.78 is 39.0. The van der Waals surface area contributed by atoms with E-state index in [-0.39, 0.29) is 49.3 Å². The fourth-order valence-electron chi connectivity index (χ4n) is 7.39. The lowest BCUT2D eigenvalue weighted by molar-refractivity contribution is -0.136. The summed E-state index contributed by atoms with van der Waals surface area (Å²) in [6, 6.07) is 18.1. The Morgan fingerprint density at radius 2 is 1.55 bits per heavy atom. The van der Waals surface area contributed by atoms with E-state index < -0.39 is 41.4 Å². The first-order chi connectivity index (χ1) is 31.2. The highest BCUT2D eigenvalue weighted by atomic mass is 19.1. The molecule has 0 radical (unpaired) electrons. The molecule has 3 aromatic carbocycles. The van der Waals surface area contributed by atoms with Crippen molar-refractivity contribution in [2.45, 2.75) is 25.3 Å². The molecule has 330 valence electrons. The summed E-state index contributed by atoms with van der Waals surface area (Å²) >= 11 is 0. The molecule has 19 heteroatoms. The standard InChI is InChI=1S/C45H44FN9O9/c46-34-25-30(37-27-51-45-50-26-31(55(45)53-37)24-28-6-9-35-29(23-28)3-2-12-47-35)7-8-32(34)41(57)49-14-16-62-18-20-64-22-21-63-19-17-61-15-13-48-36-5-1-4-33-40(36)44(60)54(43(33)59)38-10-11-39(56)52-42(38)58/h1-9,12,23,25-27,38,48H,10-11,13-22,24H2,(H,49,57)(H,52,56,58). The molecule has 1 unspecified atom stereocenters. The van der Waals surface area contributed by atoms with Crippen LogP contribution < -0.4 is 16.0 Å². The maximum atomic E-state index is 15.2. The maximum absolute atomic E-state index is 15.2. The molecular weight excluding hydrogens is 830 g/mol. The van der Waals surface area contributed by atoms with Gasteiger partial charge in [-0.25, -0.2) is 18.9 Å². The smallest absolute Gasteiger partial charge is 0.264 e. The van der Waals surface area contributed by atoms with Gasteiger partial charge in [-0.1, -0.05) is 24.3 Å². The molecule has 0 spiro atoms. The number of fused-ring (bicyclic) bond motifs is 3. The number of anilines is 1. The number of benzene rings is 3. The van der Waals surface area contributed by atoms with E-state index in [1.54, 1.807) is 35.1 Å². The Morgan fingerprint density at radius 1 is 0.797 bits per heavy atom. The molecule has 1 fully saturated rings. The SMILES string of the molecule is O=C1CCC(N2C(=O)c3cccc(NCCOCCOCCOCCOCCNC(=O)c4ccc(-c5cnc6ncc(Cc7ccc8ncccc8c7)n6n5)cc4F)c3C2=O)C(=O)N1.